The van der Waals surface area contributed by atoms with Gasteiger partial charge < -0.3 is 35.1 Å². The number of ether oxygens (including phenoxy) is 1. The van der Waals surface area contributed by atoms with E-state index < -0.39 is 11.5 Å². The SMILES string of the molecule is O=C(c1ccc(C(=O)N(CCCNC[C@H](O)c2ccc(O)c3[nH]c(=O)ccc23)Cc2ccccc2)s1)N1CCC(C(=O)O[C@]23CN4CCC2C3C4)(c2ccccc2)CC1. The van der Waals surface area contributed by atoms with Crippen LogP contribution in [0.5, 0.6) is 5.75 Å². The lowest BCUT2D eigenvalue weighted by Crippen LogP contribution is -2.51. The monoisotopic (exact) mass is 815 g/mol. The van der Waals surface area contributed by atoms with Gasteiger partial charge in [0.15, 0.2) is 0 Å². The first-order valence-corrected chi connectivity index (χ1v) is 21.4. The number of piperidine rings is 4. The maximum atomic E-state index is 14.3. The first-order chi connectivity index (χ1) is 28.6. The van der Waals surface area contributed by atoms with Gasteiger partial charge in [0.25, 0.3) is 11.8 Å². The number of likely N-dealkylation sites (tertiary alicyclic amines) is 1. The lowest BCUT2D eigenvalue weighted by molar-refractivity contribution is -0.162. The molecule has 2 amide bonds. The fourth-order valence-electron chi connectivity index (χ4n) is 9.86. The van der Waals surface area contributed by atoms with Gasteiger partial charge in [-0.25, -0.2) is 0 Å². The molecule has 4 bridgehead atoms. The van der Waals surface area contributed by atoms with Gasteiger partial charge in [0, 0.05) is 69.1 Å². The number of H-pyrrole nitrogens is 1. The largest absolute Gasteiger partial charge is 0.506 e. The van der Waals surface area contributed by atoms with Crippen molar-refractivity contribution in [1.29, 1.82) is 0 Å². The number of aliphatic hydroxyl groups is 1. The molecule has 3 aromatic carbocycles. The van der Waals surface area contributed by atoms with Crippen LogP contribution in [0.1, 0.15) is 67.8 Å². The maximum absolute atomic E-state index is 14.3. The van der Waals surface area contributed by atoms with Crippen LogP contribution in [0.15, 0.2) is 102 Å². The number of thiophene rings is 1. The summed E-state index contributed by atoms with van der Waals surface area (Å²) in [6, 6.07) is 29.2. The number of hydrogen-bond donors (Lipinski definition) is 4. The number of aliphatic hydroxyl groups excluding tert-OH is 1. The summed E-state index contributed by atoms with van der Waals surface area (Å²) in [6.45, 7) is 5.32. The minimum Gasteiger partial charge on any atom is -0.506 e. The van der Waals surface area contributed by atoms with Gasteiger partial charge in [-0.15, -0.1) is 11.3 Å². The number of nitrogens with one attached hydrogen (secondary N) is 2. The third-order valence-corrected chi connectivity index (χ3v) is 14.2. The summed E-state index contributed by atoms with van der Waals surface area (Å²) in [7, 11) is 0. The molecular weight excluding hydrogens is 767 g/mol. The van der Waals surface area contributed by atoms with Crippen molar-refractivity contribution in [3.63, 3.8) is 0 Å². The number of fused-ring (bicyclic) bond motifs is 2. The highest BCUT2D eigenvalue weighted by Gasteiger charge is 2.74. The zero-order chi connectivity index (χ0) is 40.7. The molecule has 3 unspecified atom stereocenters. The minimum atomic E-state index is -0.896. The van der Waals surface area contributed by atoms with Crippen LogP contribution in [0, 0.1) is 11.8 Å². The number of phenols is 1. The molecule has 5 aromatic rings. The molecule has 6 heterocycles. The number of hydrogen-bond acceptors (Lipinski definition) is 10. The average molecular weight is 816 g/mol. The second kappa shape index (κ2) is 16.0. The molecule has 4 N–H and O–H groups in total. The van der Waals surface area contributed by atoms with Crippen LogP contribution in [0.2, 0.25) is 0 Å². The van der Waals surface area contributed by atoms with E-state index >= 15 is 0 Å². The molecule has 5 aliphatic rings. The smallest absolute Gasteiger partial charge is 0.317 e. The van der Waals surface area contributed by atoms with E-state index in [-0.39, 0.29) is 46.8 Å². The van der Waals surface area contributed by atoms with Gasteiger partial charge in [-0.05, 0) is 79.7 Å². The van der Waals surface area contributed by atoms with Gasteiger partial charge in [-0.2, -0.15) is 0 Å². The summed E-state index contributed by atoms with van der Waals surface area (Å²) >= 11 is 1.20. The van der Waals surface area contributed by atoms with Crippen LogP contribution in [-0.4, -0.2) is 106 Å². The lowest BCUT2D eigenvalue weighted by atomic mass is 9.72. The van der Waals surface area contributed by atoms with Crippen LogP contribution < -0.4 is 10.9 Å². The summed E-state index contributed by atoms with van der Waals surface area (Å²) in [5.74, 6) is 0.375. The number of aromatic hydroxyl groups is 1. The highest BCUT2D eigenvalue weighted by Crippen LogP contribution is 2.63. The highest BCUT2D eigenvalue weighted by molar-refractivity contribution is 7.15. The molecule has 2 aromatic heterocycles. The quantitative estimate of drug-likeness (QED) is 0.0889. The van der Waals surface area contributed by atoms with E-state index in [1.807, 2.05) is 60.7 Å². The number of rotatable bonds is 14. The molecule has 10 rings (SSSR count). The number of carbonyl (C=O) groups excluding carboxylic acids is 3. The topological polar surface area (TPSA) is 156 Å². The maximum Gasteiger partial charge on any atom is 0.317 e. The van der Waals surface area contributed by atoms with E-state index in [0.29, 0.717) is 84.5 Å². The molecule has 5 fully saturated rings. The second-order valence-corrected chi connectivity index (χ2v) is 17.6. The molecule has 12 nitrogen and oxygen atoms in total. The Hall–Kier alpha value is -5.34. The number of aromatic nitrogens is 1. The Morgan fingerprint density at radius 3 is 2.37 bits per heavy atom. The third kappa shape index (κ3) is 7.45. The highest BCUT2D eigenvalue weighted by atomic mass is 32.1. The van der Waals surface area contributed by atoms with Crippen molar-refractivity contribution in [3.8, 4) is 5.75 Å². The van der Waals surface area contributed by atoms with Crippen molar-refractivity contribution in [3.05, 3.63) is 134 Å². The molecule has 59 heavy (non-hydrogen) atoms. The second-order valence-electron chi connectivity index (χ2n) is 16.6. The van der Waals surface area contributed by atoms with Gasteiger partial charge in [0.1, 0.15) is 11.4 Å². The number of benzene rings is 3. The minimum absolute atomic E-state index is 0.0672. The van der Waals surface area contributed by atoms with E-state index in [9.17, 15) is 29.4 Å². The van der Waals surface area contributed by atoms with Gasteiger partial charge >= 0.3 is 5.97 Å². The van der Waals surface area contributed by atoms with E-state index in [2.05, 4.69) is 15.2 Å². The number of pyridine rings is 1. The number of carbonyl (C=O) groups is 3. The van der Waals surface area contributed by atoms with E-state index in [0.717, 1.165) is 37.2 Å². The van der Waals surface area contributed by atoms with Crippen LogP contribution in [0.4, 0.5) is 0 Å². The summed E-state index contributed by atoms with van der Waals surface area (Å²) in [5.41, 5.74) is 1.27. The molecule has 0 spiro atoms. The number of aromatic amines is 1. The van der Waals surface area contributed by atoms with Crippen LogP contribution in [-0.2, 0) is 21.5 Å². The molecule has 4 aliphatic heterocycles. The van der Waals surface area contributed by atoms with Crippen LogP contribution in [0.3, 0.4) is 0 Å². The predicted octanol–water partition coefficient (Wildman–Crippen LogP) is 5.07. The van der Waals surface area contributed by atoms with Crippen molar-refractivity contribution < 1.29 is 29.3 Å². The summed E-state index contributed by atoms with van der Waals surface area (Å²) in [4.78, 5) is 63.7. The van der Waals surface area contributed by atoms with Crippen LogP contribution in [0.25, 0.3) is 10.9 Å². The first kappa shape index (κ1) is 39.1. The van der Waals surface area contributed by atoms with Crippen molar-refractivity contribution >= 4 is 40.0 Å². The predicted molar refractivity (Wildman–Crippen MR) is 224 cm³/mol. The van der Waals surface area contributed by atoms with E-state index in [1.54, 1.807) is 34.1 Å². The Bertz CT molecular complexity index is 2410. The average Bonchev–Trinajstić information content (AvgIpc) is 3.51. The number of nitrogens with zero attached hydrogens (tertiary/aromatic N) is 3. The Kier molecular flexibility index (Phi) is 10.6. The zero-order valence-corrected chi connectivity index (χ0v) is 33.7. The molecule has 306 valence electrons. The fourth-order valence-corrected chi connectivity index (χ4v) is 10.8. The Labute approximate surface area is 346 Å². The van der Waals surface area contributed by atoms with E-state index in [4.69, 9.17) is 4.74 Å². The summed E-state index contributed by atoms with van der Waals surface area (Å²) < 4.78 is 6.51. The molecule has 13 heteroatoms. The molecule has 0 radical (unpaired) electrons. The van der Waals surface area contributed by atoms with E-state index in [1.165, 1.54) is 23.5 Å². The van der Waals surface area contributed by atoms with Gasteiger partial charge in [-0.1, -0.05) is 66.7 Å². The Morgan fingerprint density at radius 2 is 1.66 bits per heavy atom. The lowest BCUT2D eigenvalue weighted by Gasteiger charge is -2.41. The molecule has 4 saturated heterocycles. The van der Waals surface area contributed by atoms with Crippen molar-refractivity contribution in [2.24, 2.45) is 11.8 Å². The van der Waals surface area contributed by atoms with Crippen LogP contribution >= 0.6 is 11.3 Å². The third-order valence-electron chi connectivity index (χ3n) is 13.1. The van der Waals surface area contributed by atoms with Gasteiger partial charge in [0.2, 0.25) is 5.56 Å². The standard InChI is InChI=1S/C46H49N5O7S/c52-36-14-12-32(33-13-17-40(54)48-41(33)36)37(53)26-47-21-7-22-51(27-30-8-3-1-4-9-30)43(56)39-16-15-38(59-39)42(55)50-24-19-45(20-25-50,31-10-5-2-6-11-31)44(57)58-46-29-49-23-18-34(46)35(46)28-49/h1-6,8-17,34-35,37,47,52-53H,7,18-29H2,(H,48,54)/t34?,35?,37-,46+/m0/s1. The molecule has 1 saturated carbocycles. The Morgan fingerprint density at radius 1 is 0.915 bits per heavy atom. The zero-order valence-electron chi connectivity index (χ0n) is 32.8. The summed E-state index contributed by atoms with van der Waals surface area (Å²) in [6.07, 6.45) is 1.73. The number of amides is 2. The first-order valence-electron chi connectivity index (χ1n) is 20.6. The molecule has 1 aliphatic carbocycles. The fraction of sp³-hybridized carbons (Fsp3) is 0.391. The van der Waals surface area contributed by atoms with Gasteiger partial charge in [0.05, 0.1) is 26.8 Å². The van der Waals surface area contributed by atoms with Gasteiger partial charge in [-0.3, -0.25) is 24.1 Å². The van der Waals surface area contributed by atoms with Crippen molar-refractivity contribution in [2.75, 3.05) is 52.4 Å². The number of phenolic OH excluding ortho intramolecular Hbond substituents is 1. The van der Waals surface area contributed by atoms with Crippen molar-refractivity contribution in [1.82, 2.24) is 25.0 Å². The Balaban J connectivity index is 0.830. The summed E-state index contributed by atoms with van der Waals surface area (Å²) in [5, 5.41) is 25.0. The molecule has 5 atom stereocenters. The van der Waals surface area contributed by atoms with Crippen molar-refractivity contribution in [2.45, 2.75) is 49.3 Å². The number of esters is 1. The molecular formula is C46H49N5O7S. The normalized spacial score (nSPS) is 23.1.